The SMILES string of the molecule is CCc1cccc(NC(=O)O)c1C(=O)O. The van der Waals surface area contributed by atoms with Crippen LogP contribution < -0.4 is 5.32 Å². The normalized spacial score (nSPS) is 9.67. The average molecular weight is 209 g/mol. The van der Waals surface area contributed by atoms with Crippen molar-refractivity contribution in [2.24, 2.45) is 0 Å². The van der Waals surface area contributed by atoms with E-state index < -0.39 is 12.1 Å². The van der Waals surface area contributed by atoms with Gasteiger partial charge in [0.05, 0.1) is 11.3 Å². The third-order valence-corrected chi connectivity index (χ3v) is 1.99. The molecule has 1 aromatic carbocycles. The summed E-state index contributed by atoms with van der Waals surface area (Å²) < 4.78 is 0. The zero-order chi connectivity index (χ0) is 11.4. The molecule has 0 radical (unpaired) electrons. The maximum atomic E-state index is 11.0. The average Bonchev–Trinajstić information content (AvgIpc) is 2.15. The van der Waals surface area contributed by atoms with E-state index in [1.165, 1.54) is 6.07 Å². The van der Waals surface area contributed by atoms with Crippen molar-refractivity contribution in [3.05, 3.63) is 29.3 Å². The Morgan fingerprint density at radius 3 is 2.47 bits per heavy atom. The fourth-order valence-electron chi connectivity index (χ4n) is 1.37. The summed E-state index contributed by atoms with van der Waals surface area (Å²) >= 11 is 0. The summed E-state index contributed by atoms with van der Waals surface area (Å²) in [6, 6.07) is 4.71. The van der Waals surface area contributed by atoms with Crippen molar-refractivity contribution in [3.63, 3.8) is 0 Å². The van der Waals surface area contributed by atoms with Gasteiger partial charge in [0.1, 0.15) is 0 Å². The summed E-state index contributed by atoms with van der Waals surface area (Å²) in [5.74, 6) is -1.13. The monoisotopic (exact) mass is 209 g/mol. The predicted molar refractivity (Wildman–Crippen MR) is 54.4 cm³/mol. The molecule has 0 saturated heterocycles. The number of anilines is 1. The second-order valence-electron chi connectivity index (χ2n) is 2.93. The highest BCUT2D eigenvalue weighted by molar-refractivity contribution is 5.99. The van der Waals surface area contributed by atoms with E-state index in [-0.39, 0.29) is 11.3 Å². The van der Waals surface area contributed by atoms with Gasteiger partial charge in [0.25, 0.3) is 0 Å². The van der Waals surface area contributed by atoms with Gasteiger partial charge in [-0.1, -0.05) is 19.1 Å². The Kier molecular flexibility index (Phi) is 3.28. The van der Waals surface area contributed by atoms with Crippen LogP contribution in [0.25, 0.3) is 0 Å². The van der Waals surface area contributed by atoms with Gasteiger partial charge in [0.15, 0.2) is 0 Å². The number of aromatic carboxylic acids is 1. The first-order valence-electron chi connectivity index (χ1n) is 4.41. The molecule has 0 spiro atoms. The fraction of sp³-hybridized carbons (Fsp3) is 0.200. The van der Waals surface area contributed by atoms with Gasteiger partial charge < -0.3 is 10.2 Å². The molecule has 5 heteroatoms. The maximum absolute atomic E-state index is 11.0. The number of rotatable bonds is 3. The maximum Gasteiger partial charge on any atom is 0.409 e. The molecule has 3 N–H and O–H groups in total. The van der Waals surface area contributed by atoms with Crippen molar-refractivity contribution < 1.29 is 19.8 Å². The summed E-state index contributed by atoms with van der Waals surface area (Å²) in [7, 11) is 0. The van der Waals surface area contributed by atoms with E-state index in [1.807, 2.05) is 6.92 Å². The minimum absolute atomic E-state index is 0.0161. The van der Waals surface area contributed by atoms with E-state index in [2.05, 4.69) is 5.32 Å². The molecule has 80 valence electrons. The molecule has 0 heterocycles. The number of carboxylic acids is 1. The highest BCUT2D eigenvalue weighted by atomic mass is 16.4. The Bertz CT molecular complexity index is 400. The van der Waals surface area contributed by atoms with Gasteiger partial charge in [-0.05, 0) is 18.1 Å². The van der Waals surface area contributed by atoms with Gasteiger partial charge in [0, 0.05) is 0 Å². The molecule has 1 rings (SSSR count). The third-order valence-electron chi connectivity index (χ3n) is 1.99. The van der Waals surface area contributed by atoms with Gasteiger partial charge in [-0.2, -0.15) is 0 Å². The number of carbonyl (C=O) groups is 2. The van der Waals surface area contributed by atoms with Crippen LogP contribution in [0.4, 0.5) is 10.5 Å². The van der Waals surface area contributed by atoms with E-state index in [1.54, 1.807) is 12.1 Å². The Morgan fingerprint density at radius 2 is 2.00 bits per heavy atom. The summed E-state index contributed by atoms with van der Waals surface area (Å²) in [6.07, 6.45) is -0.734. The molecular weight excluding hydrogens is 198 g/mol. The predicted octanol–water partition coefficient (Wildman–Crippen LogP) is 2.04. The van der Waals surface area contributed by atoms with Gasteiger partial charge in [-0.3, -0.25) is 5.32 Å². The molecule has 1 amide bonds. The molecule has 0 aliphatic carbocycles. The number of nitrogens with one attached hydrogen (secondary N) is 1. The van der Waals surface area contributed by atoms with Gasteiger partial charge >= 0.3 is 12.1 Å². The van der Waals surface area contributed by atoms with Crippen molar-refractivity contribution in [2.45, 2.75) is 13.3 Å². The number of carboxylic acid groups (broad SMARTS) is 2. The largest absolute Gasteiger partial charge is 0.478 e. The van der Waals surface area contributed by atoms with Crippen molar-refractivity contribution in [2.75, 3.05) is 5.32 Å². The Hall–Kier alpha value is -2.04. The number of benzene rings is 1. The fourth-order valence-corrected chi connectivity index (χ4v) is 1.37. The molecule has 0 atom stereocenters. The van der Waals surface area contributed by atoms with Crippen LogP contribution in [0.3, 0.4) is 0 Å². The molecule has 0 bridgehead atoms. The van der Waals surface area contributed by atoms with Crippen LogP contribution in [0.1, 0.15) is 22.8 Å². The first kappa shape index (κ1) is 11.0. The highest BCUT2D eigenvalue weighted by Gasteiger charge is 2.15. The van der Waals surface area contributed by atoms with Crippen LogP contribution in [0.5, 0.6) is 0 Å². The lowest BCUT2D eigenvalue weighted by Gasteiger charge is -2.09. The van der Waals surface area contributed by atoms with E-state index in [0.29, 0.717) is 12.0 Å². The van der Waals surface area contributed by atoms with Crippen LogP contribution in [0, 0.1) is 0 Å². The van der Waals surface area contributed by atoms with Crippen molar-refractivity contribution >= 4 is 17.7 Å². The molecule has 0 unspecified atom stereocenters. The minimum Gasteiger partial charge on any atom is -0.478 e. The number of hydrogen-bond acceptors (Lipinski definition) is 2. The molecule has 0 saturated carbocycles. The van der Waals surface area contributed by atoms with Crippen LogP contribution in [0.2, 0.25) is 0 Å². The van der Waals surface area contributed by atoms with Crippen molar-refractivity contribution in [1.82, 2.24) is 0 Å². The van der Waals surface area contributed by atoms with E-state index in [9.17, 15) is 9.59 Å². The van der Waals surface area contributed by atoms with E-state index >= 15 is 0 Å². The molecule has 0 aliphatic heterocycles. The first-order valence-corrected chi connectivity index (χ1v) is 4.41. The quantitative estimate of drug-likeness (QED) is 0.710. The molecular formula is C10H11NO4. The van der Waals surface area contributed by atoms with Crippen LogP contribution in [-0.2, 0) is 6.42 Å². The zero-order valence-corrected chi connectivity index (χ0v) is 8.15. The molecule has 1 aromatic rings. The van der Waals surface area contributed by atoms with Gasteiger partial charge in [0.2, 0.25) is 0 Å². The zero-order valence-electron chi connectivity index (χ0n) is 8.15. The lowest BCUT2D eigenvalue weighted by molar-refractivity contribution is 0.0697. The highest BCUT2D eigenvalue weighted by Crippen LogP contribution is 2.20. The molecule has 0 aliphatic rings. The third kappa shape index (κ3) is 2.46. The van der Waals surface area contributed by atoms with Crippen LogP contribution in [0.15, 0.2) is 18.2 Å². The van der Waals surface area contributed by atoms with Crippen molar-refractivity contribution in [3.8, 4) is 0 Å². The lowest BCUT2D eigenvalue weighted by Crippen LogP contribution is -2.13. The Balaban J connectivity index is 3.25. The molecule has 15 heavy (non-hydrogen) atoms. The molecule has 0 fully saturated rings. The van der Waals surface area contributed by atoms with Gasteiger partial charge in [-0.25, -0.2) is 9.59 Å². The standard InChI is InChI=1S/C10H11NO4/c1-2-6-4-3-5-7(11-10(14)15)8(6)9(12)13/h3-5,11H,2H2,1H3,(H,12,13)(H,14,15). The van der Waals surface area contributed by atoms with Crippen LogP contribution in [-0.4, -0.2) is 22.3 Å². The number of amides is 1. The smallest absolute Gasteiger partial charge is 0.409 e. The summed E-state index contributed by atoms with van der Waals surface area (Å²) in [5, 5.41) is 19.6. The molecule has 5 nitrogen and oxygen atoms in total. The van der Waals surface area contributed by atoms with Gasteiger partial charge in [-0.15, -0.1) is 0 Å². The van der Waals surface area contributed by atoms with Crippen LogP contribution >= 0.6 is 0 Å². The number of aryl methyl sites for hydroxylation is 1. The Labute approximate surface area is 86.4 Å². The van der Waals surface area contributed by atoms with E-state index in [4.69, 9.17) is 10.2 Å². The second kappa shape index (κ2) is 4.45. The van der Waals surface area contributed by atoms with E-state index in [0.717, 1.165) is 0 Å². The number of hydrogen-bond donors (Lipinski definition) is 3. The second-order valence-corrected chi connectivity index (χ2v) is 2.93. The van der Waals surface area contributed by atoms with Crippen molar-refractivity contribution in [1.29, 1.82) is 0 Å². The summed E-state index contributed by atoms with van der Waals surface area (Å²) in [6.45, 7) is 1.81. The summed E-state index contributed by atoms with van der Waals surface area (Å²) in [5.41, 5.74) is 0.727. The Morgan fingerprint density at radius 1 is 1.33 bits per heavy atom. The molecule has 0 aromatic heterocycles. The topological polar surface area (TPSA) is 86.6 Å². The first-order chi connectivity index (χ1) is 7.06. The minimum atomic E-state index is -1.27. The summed E-state index contributed by atoms with van der Waals surface area (Å²) in [4.78, 5) is 21.4. The lowest BCUT2D eigenvalue weighted by atomic mass is 10.0.